The molecule has 0 bridgehead atoms. The van der Waals surface area contributed by atoms with Crippen molar-refractivity contribution in [1.82, 2.24) is 0 Å². The summed E-state index contributed by atoms with van der Waals surface area (Å²) in [5.74, 6) is -0.844. The molecule has 0 atom stereocenters. The summed E-state index contributed by atoms with van der Waals surface area (Å²) in [5, 5.41) is 0. The highest BCUT2D eigenvalue weighted by atomic mass is 79.9. The van der Waals surface area contributed by atoms with E-state index in [9.17, 15) is 0 Å². The zero-order chi connectivity index (χ0) is 12.2. The Labute approximate surface area is 114 Å². The lowest BCUT2D eigenvalue weighted by atomic mass is 10.0. The van der Waals surface area contributed by atoms with E-state index in [0.717, 1.165) is 12.0 Å². The van der Waals surface area contributed by atoms with Crippen molar-refractivity contribution in [2.45, 2.75) is 22.4 Å². The number of methoxy groups -OCH3 is 2. The Morgan fingerprint density at radius 2 is 1.56 bits per heavy atom. The molecule has 0 fully saturated rings. The van der Waals surface area contributed by atoms with E-state index in [4.69, 9.17) is 9.47 Å². The highest BCUT2D eigenvalue weighted by molar-refractivity contribution is 9.25. The SMILES string of the molecule is CCC(Br)(Br)C(OC)(OC)c1ccccc1. The van der Waals surface area contributed by atoms with Gasteiger partial charge in [0.15, 0.2) is 0 Å². The van der Waals surface area contributed by atoms with Gasteiger partial charge >= 0.3 is 0 Å². The first-order valence-electron chi connectivity index (χ1n) is 5.07. The molecule has 16 heavy (non-hydrogen) atoms. The number of hydrogen-bond donors (Lipinski definition) is 0. The van der Waals surface area contributed by atoms with Crippen molar-refractivity contribution in [3.05, 3.63) is 35.9 Å². The average Bonchev–Trinajstić information content (AvgIpc) is 2.32. The van der Waals surface area contributed by atoms with Gasteiger partial charge < -0.3 is 9.47 Å². The highest BCUT2D eigenvalue weighted by Crippen LogP contribution is 2.49. The zero-order valence-electron chi connectivity index (χ0n) is 9.67. The Balaban J connectivity index is 3.27. The van der Waals surface area contributed by atoms with E-state index in [2.05, 4.69) is 38.8 Å². The molecule has 2 nitrogen and oxygen atoms in total. The zero-order valence-corrected chi connectivity index (χ0v) is 12.8. The summed E-state index contributed by atoms with van der Waals surface area (Å²) in [6, 6.07) is 9.87. The first kappa shape index (κ1) is 14.2. The Morgan fingerprint density at radius 3 is 1.94 bits per heavy atom. The van der Waals surface area contributed by atoms with E-state index < -0.39 is 9.02 Å². The largest absolute Gasteiger partial charge is 0.347 e. The minimum absolute atomic E-state index is 0.460. The minimum Gasteiger partial charge on any atom is -0.347 e. The molecule has 1 rings (SSSR count). The van der Waals surface area contributed by atoms with Crippen LogP contribution in [0.1, 0.15) is 18.9 Å². The van der Waals surface area contributed by atoms with Crippen molar-refractivity contribution in [3.63, 3.8) is 0 Å². The predicted molar refractivity (Wildman–Crippen MR) is 73.0 cm³/mol. The third kappa shape index (κ3) is 2.35. The maximum atomic E-state index is 5.61. The lowest BCUT2D eigenvalue weighted by Crippen LogP contribution is -2.46. The van der Waals surface area contributed by atoms with Crippen molar-refractivity contribution in [3.8, 4) is 0 Å². The second-order valence-electron chi connectivity index (χ2n) is 3.45. The molecule has 0 N–H and O–H groups in total. The van der Waals surface area contributed by atoms with Gasteiger partial charge in [0, 0.05) is 19.8 Å². The van der Waals surface area contributed by atoms with E-state index in [1.54, 1.807) is 14.2 Å². The minimum atomic E-state index is -0.844. The second kappa shape index (κ2) is 5.63. The number of halogens is 2. The van der Waals surface area contributed by atoms with E-state index in [-0.39, 0.29) is 0 Å². The van der Waals surface area contributed by atoms with Gasteiger partial charge in [-0.05, 0) is 6.42 Å². The standard InChI is InChI=1S/C12H16Br2O2/c1-4-11(13,14)12(15-2,16-3)10-8-6-5-7-9-10/h5-9H,4H2,1-3H3. The van der Waals surface area contributed by atoms with E-state index in [1.165, 1.54) is 0 Å². The van der Waals surface area contributed by atoms with E-state index >= 15 is 0 Å². The van der Waals surface area contributed by atoms with Crippen LogP contribution in [0.4, 0.5) is 0 Å². The smallest absolute Gasteiger partial charge is 0.220 e. The van der Waals surface area contributed by atoms with Gasteiger partial charge in [0.05, 0.1) is 0 Å². The van der Waals surface area contributed by atoms with Crippen LogP contribution >= 0.6 is 31.9 Å². The van der Waals surface area contributed by atoms with Crippen molar-refractivity contribution in [1.29, 1.82) is 0 Å². The third-order valence-corrected chi connectivity index (χ3v) is 4.82. The van der Waals surface area contributed by atoms with Gasteiger partial charge in [-0.2, -0.15) is 0 Å². The van der Waals surface area contributed by atoms with Gasteiger partial charge in [-0.3, -0.25) is 0 Å². The Kier molecular flexibility index (Phi) is 4.98. The maximum absolute atomic E-state index is 5.61. The lowest BCUT2D eigenvalue weighted by Gasteiger charge is -2.41. The van der Waals surface area contributed by atoms with Gasteiger partial charge in [0.2, 0.25) is 5.79 Å². The second-order valence-corrected chi connectivity index (χ2v) is 7.22. The van der Waals surface area contributed by atoms with E-state index in [0.29, 0.717) is 0 Å². The van der Waals surface area contributed by atoms with Crippen LogP contribution in [0.15, 0.2) is 30.3 Å². The quantitative estimate of drug-likeness (QED) is 0.589. The first-order valence-corrected chi connectivity index (χ1v) is 6.66. The van der Waals surface area contributed by atoms with Crippen molar-refractivity contribution in [2.24, 2.45) is 0 Å². The highest BCUT2D eigenvalue weighted by Gasteiger charge is 2.50. The maximum Gasteiger partial charge on any atom is 0.220 e. The summed E-state index contributed by atoms with van der Waals surface area (Å²) >= 11 is 7.26. The first-order chi connectivity index (χ1) is 7.54. The van der Waals surface area contributed by atoms with Gasteiger partial charge in [0.25, 0.3) is 0 Å². The van der Waals surface area contributed by atoms with Gasteiger partial charge in [-0.1, -0.05) is 69.1 Å². The number of ether oxygens (including phenoxy) is 2. The molecule has 1 aromatic carbocycles. The molecule has 0 amide bonds. The van der Waals surface area contributed by atoms with Gasteiger partial charge in [-0.15, -0.1) is 0 Å². The molecule has 0 aromatic heterocycles. The molecule has 0 spiro atoms. The van der Waals surface area contributed by atoms with Crippen LogP contribution in [0, 0.1) is 0 Å². The molecule has 0 unspecified atom stereocenters. The number of benzene rings is 1. The normalized spacial score (nSPS) is 12.8. The number of rotatable bonds is 5. The Bertz CT molecular complexity index is 321. The molecule has 0 radical (unpaired) electrons. The number of alkyl halides is 2. The van der Waals surface area contributed by atoms with Crippen LogP contribution < -0.4 is 0 Å². The molecule has 0 saturated carbocycles. The molecule has 0 aliphatic carbocycles. The molecule has 0 aliphatic rings. The van der Waals surface area contributed by atoms with Gasteiger partial charge in [-0.25, -0.2) is 0 Å². The van der Waals surface area contributed by atoms with Crippen molar-refractivity contribution < 1.29 is 9.47 Å². The molecule has 0 saturated heterocycles. The van der Waals surface area contributed by atoms with Crippen LogP contribution in [0.3, 0.4) is 0 Å². The van der Waals surface area contributed by atoms with Gasteiger partial charge in [0.1, 0.15) is 3.23 Å². The van der Waals surface area contributed by atoms with Crippen LogP contribution in [-0.2, 0) is 15.3 Å². The summed E-state index contributed by atoms with van der Waals surface area (Å²) in [6.07, 6.45) is 0.809. The topological polar surface area (TPSA) is 18.5 Å². The predicted octanol–water partition coefficient (Wildman–Crippen LogP) is 4.03. The van der Waals surface area contributed by atoms with Crippen LogP contribution in [0.25, 0.3) is 0 Å². The summed E-state index contributed by atoms with van der Waals surface area (Å²) in [4.78, 5) is 0. The molecule has 0 aliphatic heterocycles. The average molecular weight is 352 g/mol. The van der Waals surface area contributed by atoms with Crippen molar-refractivity contribution >= 4 is 31.9 Å². The summed E-state index contributed by atoms with van der Waals surface area (Å²) < 4.78 is 10.8. The molecule has 4 heteroatoms. The monoisotopic (exact) mass is 350 g/mol. The van der Waals surface area contributed by atoms with Crippen LogP contribution in [-0.4, -0.2) is 17.5 Å². The fourth-order valence-electron chi connectivity index (χ4n) is 1.72. The fraction of sp³-hybridized carbons (Fsp3) is 0.500. The van der Waals surface area contributed by atoms with E-state index in [1.807, 2.05) is 30.3 Å². The molecule has 0 heterocycles. The number of hydrogen-bond acceptors (Lipinski definition) is 2. The Morgan fingerprint density at radius 1 is 1.06 bits per heavy atom. The molecular formula is C12H16Br2O2. The molecule has 90 valence electrons. The van der Waals surface area contributed by atoms with Crippen molar-refractivity contribution in [2.75, 3.05) is 14.2 Å². The third-order valence-electron chi connectivity index (χ3n) is 2.65. The van der Waals surface area contributed by atoms with Crippen LogP contribution in [0.2, 0.25) is 0 Å². The summed E-state index contributed by atoms with van der Waals surface area (Å²) in [5.41, 5.74) is 0.968. The summed E-state index contributed by atoms with van der Waals surface area (Å²) in [6.45, 7) is 2.05. The van der Waals surface area contributed by atoms with Crippen LogP contribution in [0.5, 0.6) is 0 Å². The lowest BCUT2D eigenvalue weighted by molar-refractivity contribution is -0.219. The molecular weight excluding hydrogens is 336 g/mol. The fourth-order valence-corrected chi connectivity index (χ4v) is 2.82. The Hall–Kier alpha value is 0.1000. The summed E-state index contributed by atoms with van der Waals surface area (Å²) in [7, 11) is 3.28. The molecule has 1 aromatic rings.